The van der Waals surface area contributed by atoms with Crippen molar-refractivity contribution in [3.63, 3.8) is 0 Å². The number of fused-ring (bicyclic) bond motifs is 10. The molecule has 0 spiro atoms. The van der Waals surface area contributed by atoms with Crippen LogP contribution in [-0.4, -0.2) is 17.8 Å². The van der Waals surface area contributed by atoms with E-state index in [0.29, 0.717) is 0 Å². The molecule has 2 saturated carbocycles. The molecule has 0 saturated heterocycles. The van der Waals surface area contributed by atoms with Crippen LogP contribution < -0.4 is 36.0 Å². The summed E-state index contributed by atoms with van der Waals surface area (Å²) >= 11 is 0. The second-order valence-electron chi connectivity index (χ2n) is 27.0. The Bertz CT molecular complexity index is 3390. The van der Waals surface area contributed by atoms with Gasteiger partial charge in [0, 0.05) is 67.7 Å². The predicted octanol–water partition coefficient (Wildman–Crippen LogP) is 16.4. The van der Waals surface area contributed by atoms with Crippen LogP contribution in [0, 0.1) is 0 Å². The fourth-order valence-electron chi connectivity index (χ4n) is 15.4. The van der Waals surface area contributed by atoms with E-state index < -0.39 is 0 Å². The smallest absolute Gasteiger partial charge is 0.252 e. The summed E-state index contributed by atoms with van der Waals surface area (Å²) in [6, 6.07) is 58.0. The average Bonchev–Trinajstić information content (AvgIpc) is 3.96. The Hall–Kier alpha value is -6.20. The summed E-state index contributed by atoms with van der Waals surface area (Å²) in [5.74, 6) is 0. The number of hydrogen-bond donors (Lipinski definition) is 0. The van der Waals surface area contributed by atoms with Gasteiger partial charge in [-0.1, -0.05) is 162 Å². The highest BCUT2D eigenvalue weighted by atomic mass is 15.3. The summed E-state index contributed by atoms with van der Waals surface area (Å²) < 4.78 is 0. The molecular formula is C68H75BN4. The largest absolute Gasteiger partial charge is 0.334 e. The van der Waals surface area contributed by atoms with Gasteiger partial charge in [0.1, 0.15) is 0 Å². The van der Waals surface area contributed by atoms with E-state index in [9.17, 15) is 0 Å². The van der Waals surface area contributed by atoms with Gasteiger partial charge in [0.2, 0.25) is 0 Å². The first-order valence-electron chi connectivity index (χ1n) is 27.6. The van der Waals surface area contributed by atoms with E-state index in [-0.39, 0.29) is 44.9 Å². The van der Waals surface area contributed by atoms with Gasteiger partial charge in [-0.2, -0.15) is 0 Å². The molecule has 0 N–H and O–H groups in total. The third-order valence-electron chi connectivity index (χ3n) is 19.9. The molecule has 4 heterocycles. The van der Waals surface area contributed by atoms with Gasteiger partial charge in [-0.3, -0.25) is 0 Å². The van der Waals surface area contributed by atoms with Gasteiger partial charge >= 0.3 is 0 Å². The van der Waals surface area contributed by atoms with Gasteiger partial charge in [-0.15, -0.1) is 0 Å². The molecule has 370 valence electrons. The van der Waals surface area contributed by atoms with Crippen molar-refractivity contribution in [2.24, 2.45) is 0 Å². The molecule has 73 heavy (non-hydrogen) atoms. The Kier molecular flexibility index (Phi) is 9.70. The molecule has 7 aromatic rings. The molecule has 0 radical (unpaired) electrons. The Balaban J connectivity index is 1.14. The number of benzene rings is 7. The fraction of sp³-hybridized carbons (Fsp3) is 0.382. The Morgan fingerprint density at radius 1 is 0.370 bits per heavy atom. The summed E-state index contributed by atoms with van der Waals surface area (Å²) in [6.45, 7) is 31.3. The minimum absolute atomic E-state index is 0.0261. The van der Waals surface area contributed by atoms with Gasteiger partial charge in [0.15, 0.2) is 0 Å². The summed E-state index contributed by atoms with van der Waals surface area (Å²) in [6.07, 6.45) is 7.16. The van der Waals surface area contributed by atoms with Crippen LogP contribution >= 0.6 is 0 Å². The summed E-state index contributed by atoms with van der Waals surface area (Å²) in [7, 11) is 0. The van der Waals surface area contributed by atoms with Crippen LogP contribution in [-0.2, 0) is 27.1 Å². The maximum atomic E-state index is 2.78. The number of rotatable bonds is 4. The van der Waals surface area contributed by atoms with Crippen LogP contribution in [0.5, 0.6) is 0 Å². The monoisotopic (exact) mass is 959 g/mol. The van der Waals surface area contributed by atoms with Gasteiger partial charge in [0.25, 0.3) is 6.71 Å². The SMILES string of the molecule is CC(C)(C)c1ccc(N2c3ccc(N4c5ccccc5C5(C)CCCC45C)cc3B3c4cc(C(C)(C)C)ccc4N(c4ccc(C(C)(C)C)cc4)c4cc(N5c6ccccc6C6(C)CCCC56C)cc2c43)cc1. The molecule has 4 unspecified atom stereocenters. The van der Waals surface area contributed by atoms with Crippen LogP contribution in [0.4, 0.5) is 56.9 Å². The molecule has 7 aromatic carbocycles. The van der Waals surface area contributed by atoms with Crippen molar-refractivity contribution in [2.45, 2.75) is 167 Å². The van der Waals surface area contributed by atoms with Crippen molar-refractivity contribution >= 4 is 80.0 Å². The lowest BCUT2D eigenvalue weighted by Gasteiger charge is -2.47. The molecule has 0 amide bonds. The van der Waals surface area contributed by atoms with Gasteiger partial charge < -0.3 is 19.6 Å². The van der Waals surface area contributed by atoms with Crippen LogP contribution in [0.1, 0.15) is 156 Å². The normalized spacial score (nSPS) is 24.5. The van der Waals surface area contributed by atoms with E-state index in [0.717, 1.165) is 6.42 Å². The topological polar surface area (TPSA) is 13.0 Å². The molecule has 4 nitrogen and oxygen atoms in total. The van der Waals surface area contributed by atoms with Crippen LogP contribution in [0.3, 0.4) is 0 Å². The van der Waals surface area contributed by atoms with Crippen molar-refractivity contribution < 1.29 is 0 Å². The van der Waals surface area contributed by atoms with E-state index in [4.69, 9.17) is 0 Å². The Morgan fingerprint density at radius 3 is 1.23 bits per heavy atom. The zero-order chi connectivity index (χ0) is 51.0. The van der Waals surface area contributed by atoms with E-state index in [1.807, 2.05) is 0 Å². The van der Waals surface area contributed by atoms with Gasteiger partial charge in [-0.05, 0) is 173 Å². The predicted molar refractivity (Wildman–Crippen MR) is 313 cm³/mol. The molecule has 5 heteroatoms. The summed E-state index contributed by atoms with van der Waals surface area (Å²) in [4.78, 5) is 10.8. The molecule has 0 bridgehead atoms. The average molecular weight is 959 g/mol. The van der Waals surface area contributed by atoms with E-state index in [1.54, 1.807) is 0 Å². The number of para-hydroxylation sites is 2. The molecular weight excluding hydrogens is 884 g/mol. The van der Waals surface area contributed by atoms with Crippen molar-refractivity contribution in [1.82, 2.24) is 0 Å². The first-order valence-corrected chi connectivity index (χ1v) is 27.6. The maximum Gasteiger partial charge on any atom is 0.252 e. The number of nitrogens with zero attached hydrogens (tertiary/aromatic N) is 4. The third-order valence-corrected chi connectivity index (χ3v) is 19.9. The van der Waals surface area contributed by atoms with Crippen molar-refractivity contribution in [1.29, 1.82) is 0 Å². The Morgan fingerprint density at radius 2 is 0.767 bits per heavy atom. The van der Waals surface area contributed by atoms with Gasteiger partial charge in [0.05, 0.1) is 11.1 Å². The maximum absolute atomic E-state index is 2.78. The van der Waals surface area contributed by atoms with Crippen molar-refractivity contribution in [3.05, 3.63) is 173 Å². The molecule has 2 aliphatic carbocycles. The lowest BCUT2D eigenvalue weighted by Crippen LogP contribution is -2.62. The second-order valence-corrected chi connectivity index (χ2v) is 27.0. The first-order chi connectivity index (χ1) is 34.6. The second kappa shape index (κ2) is 15.2. The van der Waals surface area contributed by atoms with E-state index in [2.05, 4.69) is 255 Å². The highest BCUT2D eigenvalue weighted by Gasteiger charge is 2.61. The van der Waals surface area contributed by atoms with Crippen molar-refractivity contribution in [2.75, 3.05) is 19.6 Å². The van der Waals surface area contributed by atoms with E-state index >= 15 is 0 Å². The minimum atomic E-state index is -0.0953. The molecule has 13 rings (SSSR count). The lowest BCUT2D eigenvalue weighted by molar-refractivity contribution is 0.330. The van der Waals surface area contributed by atoms with Crippen molar-refractivity contribution in [3.8, 4) is 0 Å². The quantitative estimate of drug-likeness (QED) is 0.163. The molecule has 2 fully saturated rings. The number of hydrogen-bond acceptors (Lipinski definition) is 4. The zero-order valence-electron chi connectivity index (χ0n) is 46.0. The third kappa shape index (κ3) is 6.32. The Labute approximate surface area is 437 Å². The highest BCUT2D eigenvalue weighted by Crippen LogP contribution is 2.64. The van der Waals surface area contributed by atoms with Crippen LogP contribution in [0.25, 0.3) is 0 Å². The van der Waals surface area contributed by atoms with E-state index in [1.165, 1.54) is 133 Å². The fourth-order valence-corrected chi connectivity index (χ4v) is 15.4. The van der Waals surface area contributed by atoms with Gasteiger partial charge in [-0.25, -0.2) is 0 Å². The molecule has 4 aliphatic heterocycles. The standard InChI is InChI=1S/C68H75BN4/c1-62(2,3)44-24-29-47(30-25-44)70-57-34-28-46(64(7,8)9)40-53(57)69-54-41-49(72-55-22-16-14-20-51(55)65(10)36-18-38-67(65,72)12)33-35-58(54)71(48-31-26-45(27-32-48)63(4,5)6)60-43-50(42-59(70)61(60)69)73-56-23-17-15-21-52(56)66(11)37-19-39-68(66,73)13/h14-17,20-35,40-43H,18-19,36-39H2,1-13H3. The highest BCUT2D eigenvalue weighted by molar-refractivity contribution is 7.00. The minimum Gasteiger partial charge on any atom is -0.334 e. The molecule has 0 aromatic heterocycles. The molecule has 4 atom stereocenters. The van der Waals surface area contributed by atoms with Crippen LogP contribution in [0.15, 0.2) is 146 Å². The first kappa shape index (κ1) is 46.6. The summed E-state index contributed by atoms with van der Waals surface area (Å²) in [5.41, 5.74) is 23.8. The summed E-state index contributed by atoms with van der Waals surface area (Å²) in [5, 5.41) is 0. The molecule has 6 aliphatic rings. The number of anilines is 10. The zero-order valence-corrected chi connectivity index (χ0v) is 46.0. The lowest BCUT2D eigenvalue weighted by atomic mass is 9.33. The van der Waals surface area contributed by atoms with Crippen LogP contribution in [0.2, 0.25) is 0 Å².